The number of alkyl halides is 1. The molecule has 0 spiro atoms. The van der Waals surface area contributed by atoms with Crippen LogP contribution in [0.4, 0.5) is 40.4 Å². The average Bonchev–Trinajstić information content (AvgIpc) is 3.36. The molecule has 252 valence electrons. The standard InChI is InChI=1S/C32H37F2N5O8/c1-16-19(12-36-27-26(16)39(8-9-44-27)30(42)47-32(5,6)7)18-10-17-11-23(37-28(40)45-22-15-43-14-21(22)33)35-13-20(17)25(24(18)34)38-29(41)46-31(2,3)4/h10-13,21-22H,8-9,14-15H2,1-7H3,(H,38,41)(H,35,37,40). The number of carbonyl (C=O) groups is 3. The highest BCUT2D eigenvalue weighted by atomic mass is 19.1. The molecule has 13 nitrogen and oxygen atoms in total. The summed E-state index contributed by atoms with van der Waals surface area (Å²) in [6, 6.07) is 2.93. The highest BCUT2D eigenvalue weighted by Gasteiger charge is 2.33. The summed E-state index contributed by atoms with van der Waals surface area (Å²) in [6.07, 6.45) is -2.34. The van der Waals surface area contributed by atoms with E-state index in [-0.39, 0.29) is 60.3 Å². The van der Waals surface area contributed by atoms with Crippen molar-refractivity contribution in [2.75, 3.05) is 41.9 Å². The molecule has 2 aromatic heterocycles. The Kier molecular flexibility index (Phi) is 9.13. The van der Waals surface area contributed by atoms with Crippen LogP contribution in [0.2, 0.25) is 0 Å². The monoisotopic (exact) mass is 657 g/mol. The number of fused-ring (bicyclic) bond motifs is 2. The minimum Gasteiger partial charge on any atom is -0.474 e. The van der Waals surface area contributed by atoms with Crippen LogP contribution in [-0.4, -0.2) is 78.1 Å². The van der Waals surface area contributed by atoms with Crippen LogP contribution in [-0.2, 0) is 18.9 Å². The largest absolute Gasteiger partial charge is 0.474 e. The zero-order valence-electron chi connectivity index (χ0n) is 27.2. The van der Waals surface area contributed by atoms with Gasteiger partial charge < -0.3 is 23.7 Å². The van der Waals surface area contributed by atoms with Gasteiger partial charge in [-0.1, -0.05) is 0 Å². The molecule has 1 fully saturated rings. The van der Waals surface area contributed by atoms with Crippen molar-refractivity contribution in [3.8, 4) is 17.0 Å². The van der Waals surface area contributed by atoms with Crippen molar-refractivity contribution in [2.45, 2.75) is 71.9 Å². The molecule has 2 unspecified atom stereocenters. The Morgan fingerprint density at radius 3 is 2.34 bits per heavy atom. The number of ether oxygens (including phenoxy) is 5. The van der Waals surface area contributed by atoms with Gasteiger partial charge in [0.25, 0.3) is 0 Å². The smallest absolute Gasteiger partial charge is 0.415 e. The lowest BCUT2D eigenvalue weighted by Crippen LogP contribution is -2.42. The number of halogens is 2. The summed E-state index contributed by atoms with van der Waals surface area (Å²) in [5.74, 6) is -0.637. The number of benzene rings is 1. The third-order valence-corrected chi connectivity index (χ3v) is 7.04. The average molecular weight is 658 g/mol. The Morgan fingerprint density at radius 2 is 1.68 bits per heavy atom. The van der Waals surface area contributed by atoms with Crippen LogP contribution < -0.4 is 20.3 Å². The van der Waals surface area contributed by atoms with E-state index >= 15 is 4.39 Å². The predicted octanol–water partition coefficient (Wildman–Crippen LogP) is 6.51. The lowest BCUT2D eigenvalue weighted by molar-refractivity contribution is 0.0564. The molecule has 1 aromatic carbocycles. The highest BCUT2D eigenvalue weighted by Crippen LogP contribution is 2.42. The second-order valence-electron chi connectivity index (χ2n) is 13.1. The number of carbonyl (C=O) groups excluding carboxylic acids is 3. The van der Waals surface area contributed by atoms with E-state index in [1.165, 1.54) is 29.4 Å². The van der Waals surface area contributed by atoms with E-state index < -0.39 is 47.6 Å². The van der Waals surface area contributed by atoms with Crippen LogP contribution in [0.25, 0.3) is 21.9 Å². The molecule has 15 heteroatoms. The lowest BCUT2D eigenvalue weighted by Gasteiger charge is -2.32. The Morgan fingerprint density at radius 1 is 0.957 bits per heavy atom. The maximum atomic E-state index is 16.5. The van der Waals surface area contributed by atoms with E-state index in [2.05, 4.69) is 20.6 Å². The Balaban J connectivity index is 1.59. The number of pyridine rings is 2. The highest BCUT2D eigenvalue weighted by molar-refractivity contribution is 6.05. The number of nitrogens with zero attached hydrogens (tertiary/aromatic N) is 3. The molecule has 2 N–H and O–H groups in total. The normalized spacial score (nSPS) is 17.9. The molecule has 2 aliphatic heterocycles. The molecule has 0 aliphatic carbocycles. The SMILES string of the molecule is Cc1c(-c2cc3cc(NC(=O)OC4COCC4F)ncc3c(NC(=O)OC(C)(C)C)c2F)cnc2c1N(C(=O)OC(C)(C)C)CCO2. The summed E-state index contributed by atoms with van der Waals surface area (Å²) in [5.41, 5.74) is -0.829. The summed E-state index contributed by atoms with van der Waals surface area (Å²) in [7, 11) is 0. The second-order valence-corrected chi connectivity index (χ2v) is 13.1. The fourth-order valence-electron chi connectivity index (χ4n) is 5.06. The number of nitrogens with one attached hydrogen (secondary N) is 2. The zero-order valence-corrected chi connectivity index (χ0v) is 27.2. The molecule has 47 heavy (non-hydrogen) atoms. The molecule has 1 saturated heterocycles. The first-order valence-corrected chi connectivity index (χ1v) is 15.0. The number of hydrogen-bond acceptors (Lipinski definition) is 10. The molecule has 4 heterocycles. The van der Waals surface area contributed by atoms with E-state index in [1.54, 1.807) is 48.5 Å². The van der Waals surface area contributed by atoms with Crippen LogP contribution in [0.5, 0.6) is 5.88 Å². The third-order valence-electron chi connectivity index (χ3n) is 7.04. The summed E-state index contributed by atoms with van der Waals surface area (Å²) >= 11 is 0. The van der Waals surface area contributed by atoms with Crippen molar-refractivity contribution in [3.63, 3.8) is 0 Å². The molecular formula is C32H37F2N5O8. The minimum atomic E-state index is -1.46. The first-order chi connectivity index (χ1) is 22.0. The van der Waals surface area contributed by atoms with Gasteiger partial charge in [0, 0.05) is 28.9 Å². The molecule has 0 radical (unpaired) electrons. The van der Waals surface area contributed by atoms with Crippen molar-refractivity contribution in [2.24, 2.45) is 0 Å². The van der Waals surface area contributed by atoms with Gasteiger partial charge in [-0.2, -0.15) is 0 Å². The first-order valence-electron chi connectivity index (χ1n) is 15.0. The van der Waals surface area contributed by atoms with Gasteiger partial charge in [0.05, 0.1) is 25.4 Å². The number of anilines is 3. The Labute approximate surface area is 269 Å². The Bertz CT molecular complexity index is 1720. The second kappa shape index (κ2) is 12.8. The van der Waals surface area contributed by atoms with Gasteiger partial charge in [0.2, 0.25) is 5.88 Å². The fraction of sp³-hybridized carbons (Fsp3) is 0.469. The van der Waals surface area contributed by atoms with E-state index in [0.717, 1.165) is 0 Å². The van der Waals surface area contributed by atoms with Gasteiger partial charge in [-0.3, -0.25) is 15.5 Å². The third kappa shape index (κ3) is 7.62. The number of amides is 3. The topological polar surface area (TPSA) is 150 Å². The fourth-order valence-corrected chi connectivity index (χ4v) is 5.06. The van der Waals surface area contributed by atoms with Crippen LogP contribution in [0.3, 0.4) is 0 Å². The zero-order chi connectivity index (χ0) is 34.3. The van der Waals surface area contributed by atoms with Gasteiger partial charge in [0.15, 0.2) is 18.1 Å². The van der Waals surface area contributed by atoms with Crippen LogP contribution in [0.15, 0.2) is 24.5 Å². The van der Waals surface area contributed by atoms with E-state index in [0.29, 0.717) is 16.6 Å². The molecule has 5 rings (SSSR count). The molecule has 0 bridgehead atoms. The molecule has 0 saturated carbocycles. The Hall–Kier alpha value is -4.79. The van der Waals surface area contributed by atoms with E-state index in [9.17, 15) is 18.8 Å². The number of aromatic nitrogens is 2. The summed E-state index contributed by atoms with van der Waals surface area (Å²) in [6.45, 7) is 12.0. The van der Waals surface area contributed by atoms with Crippen LogP contribution in [0, 0.1) is 12.7 Å². The lowest BCUT2D eigenvalue weighted by atomic mass is 9.96. The van der Waals surface area contributed by atoms with Gasteiger partial charge in [-0.25, -0.2) is 33.1 Å². The van der Waals surface area contributed by atoms with Crippen molar-refractivity contribution in [1.29, 1.82) is 0 Å². The number of rotatable bonds is 4. The molecule has 2 atom stereocenters. The van der Waals surface area contributed by atoms with E-state index in [4.69, 9.17) is 23.7 Å². The van der Waals surface area contributed by atoms with Gasteiger partial charge in [0.1, 0.15) is 29.3 Å². The maximum Gasteiger partial charge on any atom is 0.415 e. The summed E-state index contributed by atoms with van der Waals surface area (Å²) < 4.78 is 57.2. The molecular weight excluding hydrogens is 620 g/mol. The molecule has 3 aromatic rings. The molecule has 3 amide bonds. The van der Waals surface area contributed by atoms with Crippen LogP contribution in [0.1, 0.15) is 47.1 Å². The van der Waals surface area contributed by atoms with Crippen molar-refractivity contribution < 1.29 is 46.8 Å². The summed E-state index contributed by atoms with van der Waals surface area (Å²) in [4.78, 5) is 48.5. The van der Waals surface area contributed by atoms with Gasteiger partial charge >= 0.3 is 18.3 Å². The van der Waals surface area contributed by atoms with Crippen molar-refractivity contribution in [1.82, 2.24) is 9.97 Å². The maximum absolute atomic E-state index is 16.5. The first kappa shape index (κ1) is 33.6. The predicted molar refractivity (Wildman–Crippen MR) is 168 cm³/mol. The van der Waals surface area contributed by atoms with E-state index in [1.807, 2.05) is 0 Å². The van der Waals surface area contributed by atoms with Gasteiger partial charge in [-0.05, 0) is 71.5 Å². The summed E-state index contributed by atoms with van der Waals surface area (Å²) in [5, 5.41) is 5.48. The quantitative estimate of drug-likeness (QED) is 0.297. The van der Waals surface area contributed by atoms with Crippen LogP contribution >= 0.6 is 0 Å². The molecule has 2 aliphatic rings. The van der Waals surface area contributed by atoms with Crippen molar-refractivity contribution >= 4 is 46.2 Å². The minimum absolute atomic E-state index is 0.00849. The van der Waals surface area contributed by atoms with Gasteiger partial charge in [-0.15, -0.1) is 0 Å². The van der Waals surface area contributed by atoms with Crippen molar-refractivity contribution in [3.05, 3.63) is 35.9 Å². The number of hydrogen-bond donors (Lipinski definition) is 2.